The van der Waals surface area contributed by atoms with Crippen molar-refractivity contribution in [1.29, 1.82) is 0 Å². The fourth-order valence-electron chi connectivity index (χ4n) is 4.41. The number of ether oxygens (including phenoxy) is 1. The zero-order chi connectivity index (χ0) is 25.1. The minimum absolute atomic E-state index is 0.0773. The van der Waals surface area contributed by atoms with Crippen LogP contribution in [0, 0.1) is 30.3 Å². The highest BCUT2D eigenvalue weighted by molar-refractivity contribution is 7.89. The number of nitrogens with zero attached hydrogens (tertiary/aromatic N) is 4. The molecule has 0 bridgehead atoms. The average molecular weight is 511 g/mol. The van der Waals surface area contributed by atoms with Gasteiger partial charge in [-0.2, -0.15) is 4.98 Å². The van der Waals surface area contributed by atoms with Crippen LogP contribution in [0.5, 0.6) is 5.75 Å². The Morgan fingerprint density at radius 3 is 2.60 bits per heavy atom. The third kappa shape index (κ3) is 4.16. The number of halogens is 3. The predicted octanol–water partition coefficient (Wildman–Crippen LogP) is 1.73. The Balaban J connectivity index is 1.44. The molecule has 3 aromatic rings. The summed E-state index contributed by atoms with van der Waals surface area (Å²) in [6, 6.07) is 1.20. The first-order chi connectivity index (χ1) is 16.5. The molecule has 186 valence electrons. The van der Waals surface area contributed by atoms with Crippen LogP contribution >= 0.6 is 0 Å². The number of Topliss-reactive ketones (excluding diaryl/α,β-unsaturated/α-hetero) is 1. The number of hydrogen-bond acceptors (Lipinski definition) is 8. The van der Waals surface area contributed by atoms with E-state index in [1.165, 1.54) is 17.8 Å². The summed E-state index contributed by atoms with van der Waals surface area (Å²) < 4.78 is 81.9. The number of anilines is 1. The van der Waals surface area contributed by atoms with Crippen LogP contribution in [0.25, 0.3) is 0 Å². The van der Waals surface area contributed by atoms with E-state index >= 15 is 0 Å². The number of hydrogen-bond donors (Lipinski definition) is 1. The zero-order valence-electron chi connectivity index (χ0n) is 18.6. The summed E-state index contributed by atoms with van der Waals surface area (Å²) in [6.07, 6.45) is 0.747. The molecule has 0 spiro atoms. The minimum Gasteiger partial charge on any atom is -0.489 e. The van der Waals surface area contributed by atoms with Crippen molar-refractivity contribution in [3.8, 4) is 5.75 Å². The number of nitrogens with one attached hydrogen (secondary N) is 1. The summed E-state index contributed by atoms with van der Waals surface area (Å²) in [4.78, 5) is 18.8. The largest absolute Gasteiger partial charge is 0.489 e. The Kier molecular flexibility index (Phi) is 5.59. The molecule has 2 aromatic heterocycles. The van der Waals surface area contributed by atoms with Crippen LogP contribution in [0.4, 0.5) is 19.2 Å². The van der Waals surface area contributed by atoms with Crippen molar-refractivity contribution in [1.82, 2.24) is 19.4 Å². The smallest absolute Gasteiger partial charge is 0.324 e. The highest BCUT2D eigenvalue weighted by Gasteiger charge is 2.42. The lowest BCUT2D eigenvalue weighted by molar-refractivity contribution is 0.0979. The van der Waals surface area contributed by atoms with Crippen LogP contribution in [-0.2, 0) is 23.5 Å². The molecule has 14 heteroatoms. The lowest BCUT2D eigenvalue weighted by Crippen LogP contribution is -2.43. The molecule has 0 aliphatic carbocycles. The molecule has 2 aliphatic rings. The van der Waals surface area contributed by atoms with Crippen molar-refractivity contribution in [2.75, 3.05) is 24.6 Å². The first kappa shape index (κ1) is 23.4. The molecule has 1 saturated heterocycles. The van der Waals surface area contributed by atoms with Crippen LogP contribution in [0.2, 0.25) is 0 Å². The monoisotopic (exact) mass is 511 g/mol. The molecule has 0 radical (unpaired) electrons. The molecular formula is C21H20F3N5O5S. The topological polar surface area (TPSA) is 120 Å². The van der Waals surface area contributed by atoms with E-state index in [2.05, 4.69) is 14.9 Å². The van der Waals surface area contributed by atoms with Crippen molar-refractivity contribution in [2.24, 2.45) is 13.0 Å². The predicted molar refractivity (Wildman–Crippen MR) is 114 cm³/mol. The van der Waals surface area contributed by atoms with E-state index in [0.717, 1.165) is 12.1 Å². The molecule has 0 amide bonds. The van der Waals surface area contributed by atoms with Gasteiger partial charge in [-0.3, -0.25) is 4.79 Å². The zero-order valence-corrected chi connectivity index (χ0v) is 19.4. The van der Waals surface area contributed by atoms with Gasteiger partial charge in [0.05, 0.1) is 6.61 Å². The second-order valence-electron chi connectivity index (χ2n) is 8.58. The second-order valence-corrected chi connectivity index (χ2v) is 10.3. The number of aromatic nitrogens is 3. The molecule has 2 aliphatic heterocycles. The van der Waals surface area contributed by atoms with Crippen LogP contribution in [0.15, 0.2) is 27.7 Å². The lowest BCUT2D eigenvalue weighted by atomic mass is 10.1. The normalized spacial score (nSPS) is 21.1. The van der Waals surface area contributed by atoms with Gasteiger partial charge in [-0.25, -0.2) is 26.3 Å². The summed E-state index contributed by atoms with van der Waals surface area (Å²) in [5.74, 6) is -5.15. The van der Waals surface area contributed by atoms with Crippen LogP contribution in [-0.4, -0.2) is 54.6 Å². The maximum absolute atomic E-state index is 13.6. The highest BCUT2D eigenvalue weighted by atomic mass is 32.2. The fraction of sp³-hybridized carbons (Fsp3) is 0.381. The number of fused-ring (bicyclic) bond motifs is 2. The van der Waals surface area contributed by atoms with E-state index < -0.39 is 45.7 Å². The number of sulfonamides is 1. The number of carbonyl (C=O) groups is 1. The Labute approximate surface area is 197 Å². The van der Waals surface area contributed by atoms with E-state index in [4.69, 9.17) is 9.26 Å². The van der Waals surface area contributed by atoms with Crippen LogP contribution in [0.1, 0.15) is 21.9 Å². The van der Waals surface area contributed by atoms with Crippen molar-refractivity contribution >= 4 is 21.8 Å². The standard InChI is InChI=1S/C21H20F3N5O5S/c1-10-25-21(34-26-10)29-6-12-9-33-20-17(35(31,32)27-15(12)7-29)8-28(2)19(20)16(30)5-11-3-13(22)18(24)14(23)4-11/h3-4,8,12,15,27H,5-7,9H2,1-2H3. The maximum atomic E-state index is 13.6. The molecule has 1 fully saturated rings. The quantitative estimate of drug-likeness (QED) is 0.416. The van der Waals surface area contributed by atoms with Crippen LogP contribution in [0.3, 0.4) is 0 Å². The third-order valence-electron chi connectivity index (χ3n) is 6.04. The summed E-state index contributed by atoms with van der Waals surface area (Å²) >= 11 is 0. The number of rotatable bonds is 4. The van der Waals surface area contributed by atoms with Crippen molar-refractivity contribution < 1.29 is 35.6 Å². The molecule has 0 saturated carbocycles. The first-order valence-electron chi connectivity index (χ1n) is 10.6. The molecule has 35 heavy (non-hydrogen) atoms. The second kappa shape index (κ2) is 8.37. The highest BCUT2D eigenvalue weighted by Crippen LogP contribution is 2.35. The van der Waals surface area contributed by atoms with Crippen LogP contribution < -0.4 is 14.4 Å². The van der Waals surface area contributed by atoms with Gasteiger partial charge in [0.25, 0.3) is 0 Å². The van der Waals surface area contributed by atoms with Gasteiger partial charge in [-0.05, 0) is 24.6 Å². The fourth-order valence-corrected chi connectivity index (χ4v) is 5.90. The van der Waals surface area contributed by atoms with Gasteiger partial charge < -0.3 is 18.7 Å². The lowest BCUT2D eigenvalue weighted by Gasteiger charge is -2.23. The molecular weight excluding hydrogens is 491 g/mol. The number of ketones is 1. The first-order valence-corrected chi connectivity index (χ1v) is 12.1. The summed E-state index contributed by atoms with van der Waals surface area (Å²) in [6.45, 7) is 2.40. The van der Waals surface area contributed by atoms with Crippen molar-refractivity contribution in [2.45, 2.75) is 24.3 Å². The van der Waals surface area contributed by atoms with E-state index in [-0.39, 0.29) is 47.0 Å². The van der Waals surface area contributed by atoms with Gasteiger partial charge >= 0.3 is 6.01 Å². The van der Waals surface area contributed by atoms with Gasteiger partial charge in [0, 0.05) is 44.7 Å². The Morgan fingerprint density at radius 2 is 1.94 bits per heavy atom. The Hall–Kier alpha value is -3.39. The van der Waals surface area contributed by atoms with Gasteiger partial charge in [-0.15, -0.1) is 0 Å². The average Bonchev–Trinajstić information content (AvgIpc) is 3.46. The van der Waals surface area contributed by atoms with Crippen molar-refractivity contribution in [3.63, 3.8) is 0 Å². The Bertz CT molecular complexity index is 1410. The number of benzene rings is 1. The van der Waals surface area contributed by atoms with Gasteiger partial charge in [-0.1, -0.05) is 5.16 Å². The molecule has 5 rings (SSSR count). The van der Waals surface area contributed by atoms with Crippen molar-refractivity contribution in [3.05, 3.63) is 52.9 Å². The molecule has 4 heterocycles. The summed E-state index contributed by atoms with van der Waals surface area (Å²) in [5.41, 5.74) is -0.189. The summed E-state index contributed by atoms with van der Waals surface area (Å²) in [7, 11) is -2.63. The SMILES string of the molecule is Cc1noc(N2CC3COc4c(cn(C)c4C(=O)Cc4cc(F)c(F)c(F)c4)S(=O)(=O)NC3C2)n1. The van der Waals surface area contributed by atoms with E-state index in [9.17, 15) is 26.4 Å². The van der Waals surface area contributed by atoms with E-state index in [0.29, 0.717) is 12.4 Å². The van der Waals surface area contributed by atoms with E-state index in [1.807, 2.05) is 0 Å². The number of carbonyl (C=O) groups excluding carboxylic acids is 1. The third-order valence-corrected chi connectivity index (χ3v) is 7.52. The minimum atomic E-state index is -4.09. The molecule has 10 nitrogen and oxygen atoms in total. The molecule has 1 aromatic carbocycles. The maximum Gasteiger partial charge on any atom is 0.324 e. The Morgan fingerprint density at radius 1 is 1.23 bits per heavy atom. The number of aryl methyl sites for hydroxylation is 2. The summed E-state index contributed by atoms with van der Waals surface area (Å²) in [5, 5.41) is 3.75. The van der Waals surface area contributed by atoms with Gasteiger partial charge in [0.15, 0.2) is 34.8 Å². The van der Waals surface area contributed by atoms with Gasteiger partial charge in [0.2, 0.25) is 10.0 Å². The van der Waals surface area contributed by atoms with E-state index in [1.54, 1.807) is 11.8 Å². The molecule has 2 unspecified atom stereocenters. The molecule has 1 N–H and O–H groups in total. The molecule has 2 atom stereocenters. The van der Waals surface area contributed by atoms with Gasteiger partial charge in [0.1, 0.15) is 10.6 Å².